The second-order valence-corrected chi connectivity index (χ2v) is 12.3. The third kappa shape index (κ3) is 4.38. The first kappa shape index (κ1) is 28.8. The van der Waals surface area contributed by atoms with Crippen molar-refractivity contribution in [1.29, 1.82) is 15.8 Å². The molecule has 0 saturated carbocycles. The van der Waals surface area contributed by atoms with Gasteiger partial charge in [0.15, 0.2) is 0 Å². The molecule has 5 nitrogen and oxygen atoms in total. The standard InChI is InChI=1S/C45H25N5/c46-26-29-14-19-43-38(22-29)36-10-4-6-12-41(36)49(43)40-21-17-33(24-34(40)28-48)35-18-16-32(31-8-2-1-3-9-31)25-45(35)50-42-13-7-5-11-37(42)39-23-30(27-47)15-20-44(39)50/h1-25H. The zero-order chi connectivity index (χ0) is 33.8. The lowest BCUT2D eigenvalue weighted by atomic mass is 9.96. The molecule has 2 heterocycles. The Morgan fingerprint density at radius 1 is 0.360 bits per heavy atom. The number of hydrogen-bond donors (Lipinski definition) is 0. The summed E-state index contributed by atoms with van der Waals surface area (Å²) >= 11 is 0. The van der Waals surface area contributed by atoms with E-state index in [-0.39, 0.29) is 0 Å². The molecule has 0 aliphatic heterocycles. The lowest BCUT2D eigenvalue weighted by molar-refractivity contribution is 1.16. The Balaban J connectivity index is 1.31. The fourth-order valence-electron chi connectivity index (χ4n) is 7.36. The number of nitriles is 3. The molecule has 0 atom stereocenters. The van der Waals surface area contributed by atoms with Crippen LogP contribution in [-0.2, 0) is 0 Å². The number of rotatable bonds is 4. The number of para-hydroxylation sites is 2. The molecule has 230 valence electrons. The molecule has 9 rings (SSSR count). The summed E-state index contributed by atoms with van der Waals surface area (Å²) < 4.78 is 4.39. The molecule has 0 aliphatic carbocycles. The van der Waals surface area contributed by atoms with Crippen LogP contribution in [0.3, 0.4) is 0 Å². The maximum absolute atomic E-state index is 10.7. The van der Waals surface area contributed by atoms with Gasteiger partial charge in [0, 0.05) is 27.1 Å². The Bertz CT molecular complexity index is 2960. The molecule has 0 radical (unpaired) electrons. The smallest absolute Gasteiger partial charge is 0.101 e. The summed E-state index contributed by atoms with van der Waals surface area (Å²) in [5.41, 5.74) is 11.5. The minimum absolute atomic E-state index is 0.536. The molecule has 0 aliphatic rings. The molecule has 0 spiro atoms. The fraction of sp³-hybridized carbons (Fsp3) is 0. The third-order valence-electron chi connectivity index (χ3n) is 9.62. The van der Waals surface area contributed by atoms with Gasteiger partial charge in [-0.25, -0.2) is 0 Å². The predicted molar refractivity (Wildman–Crippen MR) is 200 cm³/mol. The summed E-state index contributed by atoms with van der Waals surface area (Å²) in [5.74, 6) is 0. The molecule has 0 amide bonds. The Hall–Kier alpha value is -7.39. The highest BCUT2D eigenvalue weighted by Gasteiger charge is 2.20. The van der Waals surface area contributed by atoms with Crippen molar-refractivity contribution < 1.29 is 0 Å². The molecule has 5 heteroatoms. The van der Waals surface area contributed by atoms with Gasteiger partial charge in [-0.15, -0.1) is 0 Å². The minimum atomic E-state index is 0.536. The molecule has 0 unspecified atom stereocenters. The van der Waals surface area contributed by atoms with E-state index in [2.05, 4.69) is 88.0 Å². The zero-order valence-electron chi connectivity index (χ0n) is 26.7. The fourth-order valence-corrected chi connectivity index (χ4v) is 7.36. The normalized spacial score (nSPS) is 11.1. The van der Waals surface area contributed by atoms with Gasteiger partial charge < -0.3 is 9.13 Å². The topological polar surface area (TPSA) is 81.2 Å². The SMILES string of the molecule is N#Cc1ccc2c(c1)c1ccccc1n2-c1ccc(-c2ccc(-c3ccccc3)cc2-n2c3ccccc3c3cc(C#N)ccc32)cc1C#N. The molecule has 2 aromatic heterocycles. The van der Waals surface area contributed by atoms with Crippen LogP contribution < -0.4 is 0 Å². The molecule has 7 aromatic carbocycles. The monoisotopic (exact) mass is 635 g/mol. The number of aromatic nitrogens is 2. The largest absolute Gasteiger partial charge is 0.309 e. The van der Waals surface area contributed by atoms with Crippen LogP contribution in [0.25, 0.3) is 77.2 Å². The van der Waals surface area contributed by atoms with Crippen molar-refractivity contribution in [3.05, 3.63) is 168 Å². The molecule has 0 fully saturated rings. The first-order valence-corrected chi connectivity index (χ1v) is 16.3. The lowest BCUT2D eigenvalue weighted by Crippen LogP contribution is -2.00. The van der Waals surface area contributed by atoms with Crippen molar-refractivity contribution in [3.63, 3.8) is 0 Å². The second kappa shape index (κ2) is 11.4. The predicted octanol–water partition coefficient (Wildman–Crippen LogP) is 10.8. The summed E-state index contributed by atoms with van der Waals surface area (Å²) in [5, 5.41) is 34.1. The molecule has 50 heavy (non-hydrogen) atoms. The first-order chi connectivity index (χ1) is 24.7. The Labute approximate surface area is 287 Å². The van der Waals surface area contributed by atoms with Crippen LogP contribution in [0.1, 0.15) is 16.7 Å². The highest BCUT2D eigenvalue weighted by Crippen LogP contribution is 2.40. The van der Waals surface area contributed by atoms with E-state index in [9.17, 15) is 15.8 Å². The van der Waals surface area contributed by atoms with Crippen molar-refractivity contribution in [3.8, 4) is 51.8 Å². The highest BCUT2D eigenvalue weighted by molar-refractivity contribution is 6.11. The summed E-state index contributed by atoms with van der Waals surface area (Å²) in [6, 6.07) is 57.9. The van der Waals surface area contributed by atoms with E-state index in [1.807, 2.05) is 91.0 Å². The van der Waals surface area contributed by atoms with Gasteiger partial charge in [-0.3, -0.25) is 0 Å². The van der Waals surface area contributed by atoms with Crippen LogP contribution in [0.15, 0.2) is 152 Å². The summed E-state index contributed by atoms with van der Waals surface area (Å²) in [6.07, 6.45) is 0. The van der Waals surface area contributed by atoms with Gasteiger partial charge in [-0.1, -0.05) is 84.9 Å². The van der Waals surface area contributed by atoms with Gasteiger partial charge in [0.25, 0.3) is 0 Å². The first-order valence-electron chi connectivity index (χ1n) is 16.3. The molecular formula is C45H25N5. The summed E-state index contributed by atoms with van der Waals surface area (Å²) in [6.45, 7) is 0. The highest BCUT2D eigenvalue weighted by atomic mass is 15.0. The zero-order valence-corrected chi connectivity index (χ0v) is 26.7. The lowest BCUT2D eigenvalue weighted by Gasteiger charge is -2.17. The summed E-state index contributed by atoms with van der Waals surface area (Å²) in [4.78, 5) is 0. The Kier molecular flexibility index (Phi) is 6.56. The molecule has 0 saturated heterocycles. The van der Waals surface area contributed by atoms with Gasteiger partial charge in [0.1, 0.15) is 6.07 Å². The van der Waals surface area contributed by atoms with Crippen LogP contribution in [-0.4, -0.2) is 9.13 Å². The number of hydrogen-bond acceptors (Lipinski definition) is 3. The van der Waals surface area contributed by atoms with E-state index >= 15 is 0 Å². The van der Waals surface area contributed by atoms with Gasteiger partial charge in [-0.2, -0.15) is 15.8 Å². The molecule has 0 bridgehead atoms. The van der Waals surface area contributed by atoms with Gasteiger partial charge in [0.2, 0.25) is 0 Å². The van der Waals surface area contributed by atoms with Crippen LogP contribution >= 0.6 is 0 Å². The maximum atomic E-state index is 10.7. The minimum Gasteiger partial charge on any atom is -0.309 e. The van der Waals surface area contributed by atoms with E-state index in [1.54, 1.807) is 0 Å². The van der Waals surface area contributed by atoms with Crippen LogP contribution in [0, 0.1) is 34.0 Å². The third-order valence-corrected chi connectivity index (χ3v) is 9.62. The van der Waals surface area contributed by atoms with Crippen molar-refractivity contribution in [2.24, 2.45) is 0 Å². The average molecular weight is 636 g/mol. The maximum Gasteiger partial charge on any atom is 0.101 e. The van der Waals surface area contributed by atoms with Crippen molar-refractivity contribution in [1.82, 2.24) is 9.13 Å². The van der Waals surface area contributed by atoms with E-state index < -0.39 is 0 Å². The van der Waals surface area contributed by atoms with E-state index in [0.717, 1.165) is 77.2 Å². The van der Waals surface area contributed by atoms with Crippen LogP contribution in [0.2, 0.25) is 0 Å². The number of fused-ring (bicyclic) bond motifs is 6. The quantitative estimate of drug-likeness (QED) is 0.193. The van der Waals surface area contributed by atoms with Crippen molar-refractivity contribution >= 4 is 43.6 Å². The van der Waals surface area contributed by atoms with Crippen LogP contribution in [0.5, 0.6) is 0 Å². The van der Waals surface area contributed by atoms with E-state index in [4.69, 9.17) is 0 Å². The molecular weight excluding hydrogens is 611 g/mol. The molecule has 0 N–H and O–H groups in total. The van der Waals surface area contributed by atoms with Gasteiger partial charge >= 0.3 is 0 Å². The summed E-state index contributed by atoms with van der Waals surface area (Å²) in [7, 11) is 0. The molecule has 9 aromatic rings. The van der Waals surface area contributed by atoms with E-state index in [1.165, 1.54) is 0 Å². The van der Waals surface area contributed by atoms with Crippen molar-refractivity contribution in [2.45, 2.75) is 0 Å². The van der Waals surface area contributed by atoms with Crippen LogP contribution in [0.4, 0.5) is 0 Å². The van der Waals surface area contributed by atoms with Gasteiger partial charge in [-0.05, 0) is 83.4 Å². The van der Waals surface area contributed by atoms with E-state index in [0.29, 0.717) is 16.7 Å². The van der Waals surface area contributed by atoms with Crippen molar-refractivity contribution in [2.75, 3.05) is 0 Å². The number of benzene rings is 7. The second-order valence-electron chi connectivity index (χ2n) is 12.3. The van der Waals surface area contributed by atoms with Gasteiger partial charge in [0.05, 0.1) is 62.3 Å². The Morgan fingerprint density at radius 2 is 0.900 bits per heavy atom. The Morgan fingerprint density at radius 3 is 1.50 bits per heavy atom. The number of nitrogens with zero attached hydrogens (tertiary/aromatic N) is 5. The average Bonchev–Trinajstić information content (AvgIpc) is 3.69.